The maximum atomic E-state index is 13.7. The summed E-state index contributed by atoms with van der Waals surface area (Å²) in [6.45, 7) is -0.618. The molecule has 25 heavy (non-hydrogen) atoms. The maximum Gasteiger partial charge on any atom is 0.283 e. The first-order chi connectivity index (χ1) is 11.6. The molecule has 0 bridgehead atoms. The number of carbonyl (C=O) groups is 1. The number of hydrogen-bond donors (Lipinski definition) is 1. The molecule has 0 atom stereocenters. The molecule has 0 saturated carbocycles. The summed E-state index contributed by atoms with van der Waals surface area (Å²) in [4.78, 5) is 14.2. The van der Waals surface area contributed by atoms with Gasteiger partial charge in [0.15, 0.2) is 11.6 Å². The number of amides is 1. The van der Waals surface area contributed by atoms with Crippen molar-refractivity contribution in [2.45, 2.75) is 12.8 Å². The molecule has 0 radical (unpaired) electrons. The molecule has 1 N–H and O–H groups in total. The van der Waals surface area contributed by atoms with Gasteiger partial charge < -0.3 is 5.32 Å². The van der Waals surface area contributed by atoms with E-state index in [1.54, 1.807) is 0 Å². The largest absolute Gasteiger partial charge is 0.351 e. The second kappa shape index (κ2) is 7.07. The standard InChI is InChI=1S/C13H9F7N4O/c1-24-12(20)5(8(23-24)9(16)17)13(25)21-3-2-4-6(14)10(18)22-11(19)7(4)15/h9H,2-3H2,1H3,(H,21,25). The highest BCUT2D eigenvalue weighted by Crippen LogP contribution is 2.23. The molecule has 0 saturated heterocycles. The number of pyridine rings is 1. The molecule has 5 nitrogen and oxygen atoms in total. The number of aryl methyl sites for hydroxylation is 1. The van der Waals surface area contributed by atoms with Crippen molar-refractivity contribution in [2.75, 3.05) is 6.54 Å². The highest BCUT2D eigenvalue weighted by atomic mass is 19.3. The van der Waals surface area contributed by atoms with E-state index in [9.17, 15) is 35.5 Å². The van der Waals surface area contributed by atoms with Gasteiger partial charge in [0.1, 0.15) is 11.3 Å². The lowest BCUT2D eigenvalue weighted by atomic mass is 10.1. The molecule has 2 rings (SSSR count). The van der Waals surface area contributed by atoms with Crippen molar-refractivity contribution < 1.29 is 35.5 Å². The van der Waals surface area contributed by atoms with E-state index in [0.29, 0.717) is 4.68 Å². The molecule has 0 spiro atoms. The van der Waals surface area contributed by atoms with Gasteiger partial charge in [0.25, 0.3) is 24.2 Å². The van der Waals surface area contributed by atoms with Gasteiger partial charge in [-0.3, -0.25) is 4.79 Å². The van der Waals surface area contributed by atoms with Gasteiger partial charge in [0.2, 0.25) is 5.95 Å². The molecular formula is C13H9F7N4O. The molecule has 0 aliphatic carbocycles. The fraction of sp³-hybridized carbons (Fsp3) is 0.308. The summed E-state index contributed by atoms with van der Waals surface area (Å²) in [5.74, 6) is -9.93. The zero-order valence-electron chi connectivity index (χ0n) is 12.4. The number of alkyl halides is 2. The maximum absolute atomic E-state index is 13.7. The highest BCUT2D eigenvalue weighted by Gasteiger charge is 2.28. The fourth-order valence-electron chi connectivity index (χ4n) is 2.02. The van der Waals surface area contributed by atoms with Crippen molar-refractivity contribution in [1.82, 2.24) is 20.1 Å². The van der Waals surface area contributed by atoms with Crippen molar-refractivity contribution >= 4 is 5.91 Å². The number of hydrogen-bond acceptors (Lipinski definition) is 3. The number of nitrogens with one attached hydrogen (secondary N) is 1. The molecule has 2 aromatic rings. The van der Waals surface area contributed by atoms with Crippen LogP contribution in [-0.4, -0.2) is 27.2 Å². The fourth-order valence-corrected chi connectivity index (χ4v) is 2.02. The highest BCUT2D eigenvalue weighted by molar-refractivity contribution is 5.95. The van der Waals surface area contributed by atoms with E-state index in [1.165, 1.54) is 0 Å². The number of aromatic nitrogens is 3. The van der Waals surface area contributed by atoms with Gasteiger partial charge in [0.05, 0.1) is 0 Å². The van der Waals surface area contributed by atoms with Crippen LogP contribution in [0.3, 0.4) is 0 Å². The summed E-state index contributed by atoms with van der Waals surface area (Å²) in [5, 5.41) is 5.08. The lowest BCUT2D eigenvalue weighted by molar-refractivity contribution is 0.0934. The second-order valence-electron chi connectivity index (χ2n) is 4.78. The van der Waals surface area contributed by atoms with E-state index in [2.05, 4.69) is 10.1 Å². The third-order valence-electron chi connectivity index (χ3n) is 3.19. The Balaban J connectivity index is 2.15. The second-order valence-corrected chi connectivity index (χ2v) is 4.78. The predicted octanol–water partition coefficient (Wildman–Crippen LogP) is 2.42. The van der Waals surface area contributed by atoms with Crippen LogP contribution in [0.1, 0.15) is 28.0 Å². The third-order valence-corrected chi connectivity index (χ3v) is 3.19. The average molecular weight is 370 g/mol. The number of nitrogens with zero attached hydrogens (tertiary/aromatic N) is 3. The smallest absolute Gasteiger partial charge is 0.283 e. The SMILES string of the molecule is Cn1nc(C(F)F)c(C(=O)NCCc2c(F)c(F)nc(F)c2F)c1F. The van der Waals surface area contributed by atoms with Gasteiger partial charge in [-0.15, -0.1) is 0 Å². The molecule has 1 amide bonds. The van der Waals surface area contributed by atoms with Gasteiger partial charge in [0, 0.05) is 19.2 Å². The summed E-state index contributed by atoms with van der Waals surface area (Å²) in [6, 6.07) is 0. The Labute approximate surface area is 135 Å². The van der Waals surface area contributed by atoms with Crippen LogP contribution >= 0.6 is 0 Å². The van der Waals surface area contributed by atoms with Crippen LogP contribution in [0, 0.1) is 29.5 Å². The van der Waals surface area contributed by atoms with Crippen LogP contribution < -0.4 is 5.32 Å². The van der Waals surface area contributed by atoms with Gasteiger partial charge in [-0.25, -0.2) is 22.2 Å². The number of rotatable bonds is 5. The van der Waals surface area contributed by atoms with E-state index in [1.807, 2.05) is 5.32 Å². The molecule has 0 unspecified atom stereocenters. The van der Waals surface area contributed by atoms with Crippen molar-refractivity contribution in [1.29, 1.82) is 0 Å². The number of halogens is 7. The van der Waals surface area contributed by atoms with Crippen LogP contribution in [0.15, 0.2) is 0 Å². The summed E-state index contributed by atoms with van der Waals surface area (Å²) < 4.78 is 92.3. The zero-order chi connectivity index (χ0) is 18.9. The first kappa shape index (κ1) is 18.7. The molecule has 0 fully saturated rings. The summed E-state index contributed by atoms with van der Waals surface area (Å²) in [7, 11) is 0.991. The molecule has 2 heterocycles. The Morgan fingerprint density at radius 3 is 2.20 bits per heavy atom. The van der Waals surface area contributed by atoms with E-state index < -0.39 is 71.6 Å². The Bertz CT molecular complexity index is 795. The van der Waals surface area contributed by atoms with Gasteiger partial charge in [-0.1, -0.05) is 0 Å². The molecule has 136 valence electrons. The summed E-state index contributed by atoms with van der Waals surface area (Å²) in [5.41, 5.74) is -3.19. The van der Waals surface area contributed by atoms with Crippen LogP contribution in [0.5, 0.6) is 0 Å². The molecule has 0 aliphatic heterocycles. The lowest BCUT2D eigenvalue weighted by Crippen LogP contribution is -2.28. The minimum Gasteiger partial charge on any atom is -0.351 e. The van der Waals surface area contributed by atoms with E-state index in [0.717, 1.165) is 7.05 Å². The first-order valence-electron chi connectivity index (χ1n) is 6.62. The Kier molecular flexibility index (Phi) is 5.28. The molecule has 0 aliphatic rings. The quantitative estimate of drug-likeness (QED) is 0.650. The van der Waals surface area contributed by atoms with Crippen molar-refractivity contribution in [3.05, 3.63) is 46.3 Å². The lowest BCUT2D eigenvalue weighted by Gasteiger charge is -2.08. The van der Waals surface area contributed by atoms with Gasteiger partial charge in [-0.05, 0) is 6.42 Å². The topological polar surface area (TPSA) is 59.8 Å². The third kappa shape index (κ3) is 3.56. The Hall–Kier alpha value is -2.66. The van der Waals surface area contributed by atoms with Crippen molar-refractivity contribution in [3.63, 3.8) is 0 Å². The molecule has 0 aromatic carbocycles. The summed E-state index contributed by atoms with van der Waals surface area (Å²) in [6.07, 6.45) is -3.97. The van der Waals surface area contributed by atoms with Crippen LogP contribution in [0.2, 0.25) is 0 Å². The minimum atomic E-state index is -3.24. The number of carbonyl (C=O) groups excluding carboxylic acids is 1. The van der Waals surface area contributed by atoms with Crippen molar-refractivity contribution in [2.24, 2.45) is 7.05 Å². The van der Waals surface area contributed by atoms with E-state index >= 15 is 0 Å². The van der Waals surface area contributed by atoms with Crippen LogP contribution in [0.25, 0.3) is 0 Å². The molecule has 12 heteroatoms. The van der Waals surface area contributed by atoms with Gasteiger partial charge in [-0.2, -0.15) is 23.3 Å². The Morgan fingerprint density at radius 1 is 1.12 bits per heavy atom. The van der Waals surface area contributed by atoms with E-state index in [-0.39, 0.29) is 0 Å². The van der Waals surface area contributed by atoms with Crippen LogP contribution in [0.4, 0.5) is 30.7 Å². The monoisotopic (exact) mass is 370 g/mol. The Morgan fingerprint density at radius 2 is 1.68 bits per heavy atom. The minimum absolute atomic E-state index is 0.420. The normalized spacial score (nSPS) is 11.2. The summed E-state index contributed by atoms with van der Waals surface area (Å²) >= 11 is 0. The van der Waals surface area contributed by atoms with Crippen molar-refractivity contribution in [3.8, 4) is 0 Å². The first-order valence-corrected chi connectivity index (χ1v) is 6.62. The zero-order valence-corrected chi connectivity index (χ0v) is 12.4. The van der Waals surface area contributed by atoms with E-state index in [4.69, 9.17) is 0 Å². The average Bonchev–Trinajstić information content (AvgIpc) is 2.84. The van der Waals surface area contributed by atoms with Crippen LogP contribution in [-0.2, 0) is 13.5 Å². The van der Waals surface area contributed by atoms with Gasteiger partial charge >= 0.3 is 0 Å². The molecule has 2 aromatic heterocycles. The predicted molar refractivity (Wildman–Crippen MR) is 68.2 cm³/mol. The molecular weight excluding hydrogens is 361 g/mol.